The van der Waals surface area contributed by atoms with Gasteiger partial charge in [-0.2, -0.15) is 0 Å². The molecule has 1 nitrogen and oxygen atoms in total. The molecule has 0 heterocycles. The quantitative estimate of drug-likeness (QED) is 0.0932. The minimum Gasteiger partial charge on any atom is -0.533 e. The lowest BCUT2D eigenvalue weighted by Gasteiger charge is -2.38. The highest BCUT2D eigenvalue weighted by Crippen LogP contribution is 2.36. The lowest BCUT2D eigenvalue weighted by molar-refractivity contribution is 0.284. The van der Waals surface area contributed by atoms with Crippen LogP contribution in [0.25, 0.3) is 0 Å². The second-order valence-electron chi connectivity index (χ2n) is 10.3. The Hall–Kier alpha value is -3.62. The Morgan fingerprint density at radius 3 is 1.55 bits per heavy atom. The highest BCUT2D eigenvalue weighted by molar-refractivity contribution is 7.07. The highest BCUT2D eigenvalue weighted by atomic mass is 28.4. The average Bonchev–Trinajstić information content (AvgIpc) is 3.00. The smallest absolute Gasteiger partial charge is 0.346 e. The van der Waals surface area contributed by atoms with Crippen LogP contribution in [0.4, 0.5) is 0 Å². The molecule has 0 aliphatic heterocycles. The molecule has 5 rings (SSSR count). The fraction of sp³-hybridized carbons (Fsp3) is 0.222. The summed E-state index contributed by atoms with van der Waals surface area (Å²) in [5.74, 6) is 1.65. The van der Waals surface area contributed by atoms with E-state index in [1.165, 1.54) is 64.6 Å². The molecule has 0 radical (unpaired) electrons. The van der Waals surface area contributed by atoms with Crippen LogP contribution >= 0.6 is 0 Å². The molecule has 0 unspecified atom stereocenters. The van der Waals surface area contributed by atoms with E-state index in [2.05, 4.69) is 134 Å². The molecule has 0 amide bonds. The monoisotopic (exact) mass is 514 g/mol. The number of allylic oxidation sites excluding steroid dienone is 3. The lowest BCUT2D eigenvalue weighted by Crippen LogP contribution is -2.69. The Kier molecular flexibility index (Phi) is 8.73. The van der Waals surface area contributed by atoms with Crippen molar-refractivity contribution in [3.63, 3.8) is 0 Å². The van der Waals surface area contributed by atoms with Crippen molar-refractivity contribution < 1.29 is 4.43 Å². The topological polar surface area (TPSA) is 9.23 Å². The zero-order chi connectivity index (χ0) is 26.0. The third-order valence-corrected chi connectivity index (χ3v) is 11.7. The van der Waals surface area contributed by atoms with Crippen molar-refractivity contribution in [2.75, 3.05) is 0 Å². The van der Waals surface area contributed by atoms with Gasteiger partial charge in [-0.15, -0.1) is 6.58 Å². The van der Waals surface area contributed by atoms with Crippen LogP contribution in [-0.4, -0.2) is 8.32 Å². The molecule has 0 saturated heterocycles. The Morgan fingerprint density at radius 2 is 1.11 bits per heavy atom. The van der Waals surface area contributed by atoms with E-state index in [1.54, 1.807) is 0 Å². The van der Waals surface area contributed by atoms with Crippen LogP contribution in [0.3, 0.4) is 0 Å². The first-order chi connectivity index (χ1) is 18.8. The summed E-state index contributed by atoms with van der Waals surface area (Å²) in [5, 5.41) is 3.84. The molecular formula is C36H38OSi. The minimum absolute atomic E-state index is 0.436. The van der Waals surface area contributed by atoms with Gasteiger partial charge in [0.25, 0.3) is 0 Å². The van der Waals surface area contributed by atoms with Gasteiger partial charge < -0.3 is 4.43 Å². The molecule has 192 valence electrons. The van der Waals surface area contributed by atoms with Gasteiger partial charge in [-0.25, -0.2) is 0 Å². The molecule has 4 aromatic carbocycles. The van der Waals surface area contributed by atoms with E-state index in [9.17, 15) is 0 Å². The van der Waals surface area contributed by atoms with Gasteiger partial charge >= 0.3 is 8.32 Å². The van der Waals surface area contributed by atoms with Crippen LogP contribution in [-0.2, 0) is 10.8 Å². The molecule has 2 heteroatoms. The maximum absolute atomic E-state index is 7.79. The van der Waals surface area contributed by atoms with Gasteiger partial charge in [0, 0.05) is 5.92 Å². The van der Waals surface area contributed by atoms with Crippen LogP contribution in [0.2, 0.25) is 0 Å². The Bertz CT molecular complexity index is 1210. The first kappa shape index (κ1) is 26.0. The van der Waals surface area contributed by atoms with Crippen LogP contribution in [0.1, 0.15) is 44.1 Å². The third kappa shape index (κ3) is 5.76. The second kappa shape index (κ2) is 12.8. The lowest BCUT2D eigenvalue weighted by atomic mass is 9.85. The zero-order valence-corrected chi connectivity index (χ0v) is 23.3. The fourth-order valence-electron chi connectivity index (χ4n) is 5.95. The molecule has 4 aromatic rings. The number of hydrogen-bond acceptors (Lipinski definition) is 1. The normalized spacial score (nSPS) is 14.9. The number of hydrogen-bond donors (Lipinski definition) is 0. The Morgan fingerprint density at radius 1 is 0.658 bits per heavy atom. The summed E-state index contributed by atoms with van der Waals surface area (Å²) in [6.07, 6.45) is 10.0. The van der Waals surface area contributed by atoms with E-state index in [0.717, 1.165) is 12.8 Å². The van der Waals surface area contributed by atoms with Crippen LogP contribution < -0.4 is 15.6 Å². The average molecular weight is 515 g/mol. The fourth-order valence-corrected chi connectivity index (χ4v) is 9.93. The van der Waals surface area contributed by atoms with Gasteiger partial charge in [0.1, 0.15) is 0 Å². The van der Waals surface area contributed by atoms with Gasteiger partial charge in [0.2, 0.25) is 0 Å². The van der Waals surface area contributed by atoms with Crippen molar-refractivity contribution in [1.82, 2.24) is 0 Å². The zero-order valence-electron chi connectivity index (χ0n) is 22.3. The summed E-state index contributed by atoms with van der Waals surface area (Å²) in [6, 6.07) is 43.7. The van der Waals surface area contributed by atoms with Crippen LogP contribution in [0.15, 0.2) is 145 Å². The molecular weight excluding hydrogens is 476 g/mol. The van der Waals surface area contributed by atoms with E-state index in [4.69, 9.17) is 4.43 Å². The van der Waals surface area contributed by atoms with E-state index >= 15 is 0 Å². The van der Waals surface area contributed by atoms with E-state index in [-0.39, 0.29) is 0 Å². The standard InChI is InChI=1S/C36H38OSi/c1-2-18-32(29-30-19-8-3-9-20-30)36(31-21-10-4-11-22-31)37-38(33-23-12-5-13-24-33,34-25-14-6-15-26-34)35-27-16-7-17-28-35/h2-3,5-9,12-17,19-20,23-28,31H,1,4,10-11,18,21-22,29H2/b36-32+. The SMILES string of the molecule is C=CC/C(Cc1ccccc1)=C(\O[Si](c1ccccc1)(c1ccccc1)c1ccccc1)C1CCCCC1. The summed E-state index contributed by atoms with van der Waals surface area (Å²) in [5.41, 5.74) is 2.70. The molecule has 0 atom stereocenters. The number of rotatable bonds is 10. The largest absolute Gasteiger partial charge is 0.533 e. The van der Waals surface area contributed by atoms with Gasteiger partial charge in [0.05, 0.1) is 5.76 Å². The second-order valence-corrected chi connectivity index (χ2v) is 13.6. The minimum atomic E-state index is -2.87. The number of benzene rings is 4. The summed E-state index contributed by atoms with van der Waals surface area (Å²) in [7, 11) is -2.87. The summed E-state index contributed by atoms with van der Waals surface area (Å²) in [6.45, 7) is 4.16. The van der Waals surface area contributed by atoms with E-state index < -0.39 is 8.32 Å². The van der Waals surface area contributed by atoms with Crippen molar-refractivity contribution >= 4 is 23.9 Å². The first-order valence-electron chi connectivity index (χ1n) is 14.0. The van der Waals surface area contributed by atoms with Crippen molar-refractivity contribution in [2.24, 2.45) is 5.92 Å². The molecule has 0 spiro atoms. The van der Waals surface area contributed by atoms with Crippen LogP contribution in [0.5, 0.6) is 0 Å². The van der Waals surface area contributed by atoms with Crippen molar-refractivity contribution in [3.8, 4) is 0 Å². The van der Waals surface area contributed by atoms with Crippen LogP contribution in [0, 0.1) is 5.92 Å². The predicted octanol–water partition coefficient (Wildman–Crippen LogP) is 7.32. The predicted molar refractivity (Wildman–Crippen MR) is 164 cm³/mol. The van der Waals surface area contributed by atoms with Gasteiger partial charge in [-0.3, -0.25) is 0 Å². The molecule has 38 heavy (non-hydrogen) atoms. The Balaban J connectivity index is 1.75. The molecule has 1 aliphatic rings. The molecule has 0 N–H and O–H groups in total. The molecule has 1 aliphatic carbocycles. The van der Waals surface area contributed by atoms with Gasteiger partial charge in [-0.1, -0.05) is 147 Å². The van der Waals surface area contributed by atoms with E-state index in [1.807, 2.05) is 0 Å². The summed E-state index contributed by atoms with van der Waals surface area (Å²) >= 11 is 0. The third-order valence-electron chi connectivity index (χ3n) is 7.78. The summed E-state index contributed by atoms with van der Waals surface area (Å²) < 4.78 is 7.79. The summed E-state index contributed by atoms with van der Waals surface area (Å²) in [4.78, 5) is 0. The van der Waals surface area contributed by atoms with Crippen molar-refractivity contribution in [3.05, 3.63) is 151 Å². The Labute approximate surface area is 229 Å². The molecule has 0 bridgehead atoms. The van der Waals surface area contributed by atoms with Gasteiger partial charge in [0.15, 0.2) is 0 Å². The molecule has 0 aromatic heterocycles. The van der Waals surface area contributed by atoms with Crippen molar-refractivity contribution in [1.29, 1.82) is 0 Å². The molecule has 1 saturated carbocycles. The first-order valence-corrected chi connectivity index (χ1v) is 15.9. The van der Waals surface area contributed by atoms with Gasteiger partial charge in [-0.05, 0) is 52.4 Å². The molecule has 1 fully saturated rings. The van der Waals surface area contributed by atoms with E-state index in [0.29, 0.717) is 5.92 Å². The van der Waals surface area contributed by atoms with Crippen molar-refractivity contribution in [2.45, 2.75) is 44.9 Å². The highest BCUT2D eigenvalue weighted by Gasteiger charge is 2.45. The maximum Gasteiger partial charge on any atom is 0.346 e. The maximum atomic E-state index is 7.79.